The predicted octanol–water partition coefficient (Wildman–Crippen LogP) is 7.79. The van der Waals surface area contributed by atoms with Gasteiger partial charge in [0.25, 0.3) is 0 Å². The summed E-state index contributed by atoms with van der Waals surface area (Å²) in [4.78, 5) is 0. The third-order valence-electron chi connectivity index (χ3n) is 4.52. The van der Waals surface area contributed by atoms with Crippen LogP contribution in [0.1, 0.15) is 69.4 Å². The first-order valence-electron chi connectivity index (χ1n) is 10.7. The second-order valence-corrected chi connectivity index (χ2v) is 9.84. The molecule has 2 aromatic carbocycles. The summed E-state index contributed by atoms with van der Waals surface area (Å²) in [5, 5.41) is 0. The number of methoxy groups -OCH3 is 1. The van der Waals surface area contributed by atoms with Crippen LogP contribution in [0, 0.1) is 19.7 Å². The molecule has 0 unspecified atom stereocenters. The Bertz CT molecular complexity index is 907. The molecule has 186 valence electrons. The second kappa shape index (κ2) is 11.3. The number of alkyl halides is 3. The highest BCUT2D eigenvalue weighted by Crippen LogP contribution is 2.32. The number of halogens is 4. The molecule has 0 aliphatic carbocycles. The lowest BCUT2D eigenvalue weighted by Crippen LogP contribution is -2.19. The third kappa shape index (κ3) is 10.1. The standard InChI is InChI=1S/C13H17F3O.C13H19FO2/c1-9-5-6-10(8-17-12(2,3)4)7-11(9)13(14,15)16;1-9-6-7-10(8-16-13(2,3)4)11(14)12(9)15-5/h5-7H,8H2,1-4H3;6-7H,8H2,1-5H3. The highest BCUT2D eigenvalue weighted by Gasteiger charge is 2.32. The molecule has 0 atom stereocenters. The van der Waals surface area contributed by atoms with Gasteiger partial charge in [-0.15, -0.1) is 0 Å². The zero-order chi connectivity index (χ0) is 25.6. The summed E-state index contributed by atoms with van der Waals surface area (Å²) >= 11 is 0. The maximum absolute atomic E-state index is 13.9. The molecule has 2 aromatic rings. The Morgan fingerprint density at radius 2 is 1.27 bits per heavy atom. The van der Waals surface area contributed by atoms with Gasteiger partial charge in [-0.1, -0.05) is 24.3 Å². The van der Waals surface area contributed by atoms with Crippen molar-refractivity contribution in [2.45, 2.75) is 86.0 Å². The second-order valence-electron chi connectivity index (χ2n) is 9.84. The van der Waals surface area contributed by atoms with Crippen molar-refractivity contribution in [3.8, 4) is 5.75 Å². The third-order valence-corrected chi connectivity index (χ3v) is 4.52. The van der Waals surface area contributed by atoms with Gasteiger partial charge < -0.3 is 14.2 Å². The summed E-state index contributed by atoms with van der Waals surface area (Å²) in [5.74, 6) is -0.0261. The Morgan fingerprint density at radius 3 is 1.76 bits per heavy atom. The molecule has 0 amide bonds. The minimum atomic E-state index is -4.30. The molecule has 0 spiro atoms. The Balaban J connectivity index is 0.000000331. The zero-order valence-electron chi connectivity index (χ0n) is 21.0. The van der Waals surface area contributed by atoms with Crippen LogP contribution in [0.5, 0.6) is 5.75 Å². The van der Waals surface area contributed by atoms with Crippen molar-refractivity contribution in [2.75, 3.05) is 7.11 Å². The van der Waals surface area contributed by atoms with E-state index in [0.29, 0.717) is 16.9 Å². The lowest BCUT2D eigenvalue weighted by molar-refractivity contribution is -0.138. The van der Waals surface area contributed by atoms with Gasteiger partial charge >= 0.3 is 6.18 Å². The molecule has 0 saturated heterocycles. The maximum atomic E-state index is 13.9. The van der Waals surface area contributed by atoms with Gasteiger partial charge in [-0.2, -0.15) is 13.2 Å². The monoisotopic (exact) mass is 472 g/mol. The van der Waals surface area contributed by atoms with Gasteiger partial charge in [-0.05, 0) is 78.1 Å². The average Bonchev–Trinajstić information content (AvgIpc) is 2.65. The number of benzene rings is 2. The van der Waals surface area contributed by atoms with Gasteiger partial charge in [0.05, 0.1) is 37.1 Å². The van der Waals surface area contributed by atoms with E-state index >= 15 is 0 Å². The van der Waals surface area contributed by atoms with Gasteiger partial charge in [0.2, 0.25) is 0 Å². The van der Waals surface area contributed by atoms with Crippen molar-refractivity contribution in [1.82, 2.24) is 0 Å². The minimum absolute atomic E-state index is 0.187. The average molecular weight is 473 g/mol. The summed E-state index contributed by atoms with van der Waals surface area (Å²) in [7, 11) is 1.47. The molecule has 0 N–H and O–H groups in total. The highest BCUT2D eigenvalue weighted by molar-refractivity contribution is 5.38. The van der Waals surface area contributed by atoms with Crippen molar-refractivity contribution in [3.05, 3.63) is 64.0 Å². The van der Waals surface area contributed by atoms with Gasteiger partial charge in [0.15, 0.2) is 11.6 Å². The van der Waals surface area contributed by atoms with Crippen LogP contribution >= 0.6 is 0 Å². The molecule has 0 aliphatic heterocycles. The van der Waals surface area contributed by atoms with E-state index in [1.807, 2.05) is 54.5 Å². The van der Waals surface area contributed by atoms with Gasteiger partial charge in [-0.3, -0.25) is 0 Å². The van der Waals surface area contributed by atoms with E-state index in [9.17, 15) is 17.6 Å². The van der Waals surface area contributed by atoms with Crippen LogP contribution in [0.4, 0.5) is 17.6 Å². The predicted molar refractivity (Wildman–Crippen MR) is 123 cm³/mol. The van der Waals surface area contributed by atoms with Crippen molar-refractivity contribution in [2.24, 2.45) is 0 Å². The molecule has 33 heavy (non-hydrogen) atoms. The fourth-order valence-electron chi connectivity index (χ4n) is 2.71. The molecular formula is C26H36F4O3. The Labute approximate surface area is 195 Å². The lowest BCUT2D eigenvalue weighted by atomic mass is 10.0. The normalized spacial score (nSPS) is 12.3. The highest BCUT2D eigenvalue weighted by atomic mass is 19.4. The largest absolute Gasteiger partial charge is 0.493 e. The summed E-state index contributed by atoms with van der Waals surface area (Å²) < 4.78 is 67.9. The fourth-order valence-corrected chi connectivity index (χ4v) is 2.71. The van der Waals surface area contributed by atoms with E-state index in [4.69, 9.17) is 14.2 Å². The number of aryl methyl sites for hydroxylation is 2. The van der Waals surface area contributed by atoms with Crippen LogP contribution in [0.15, 0.2) is 30.3 Å². The Morgan fingerprint density at radius 1 is 0.758 bits per heavy atom. The Hall–Kier alpha value is -2.12. The SMILES string of the molecule is COc1c(C)ccc(COC(C)(C)C)c1F.Cc1ccc(COC(C)(C)C)cc1C(F)(F)F. The first kappa shape index (κ1) is 28.9. The molecule has 3 nitrogen and oxygen atoms in total. The summed E-state index contributed by atoms with van der Waals surface area (Å²) in [5.41, 5.74) is 0.868. The fraction of sp³-hybridized carbons (Fsp3) is 0.538. The van der Waals surface area contributed by atoms with E-state index in [0.717, 1.165) is 11.6 Å². The molecule has 0 aromatic heterocycles. The van der Waals surface area contributed by atoms with E-state index in [1.165, 1.54) is 20.1 Å². The first-order valence-corrected chi connectivity index (χ1v) is 10.7. The van der Waals surface area contributed by atoms with E-state index in [2.05, 4.69) is 0 Å². The molecule has 0 bridgehead atoms. The van der Waals surface area contributed by atoms with Crippen LogP contribution < -0.4 is 4.74 Å². The molecule has 0 heterocycles. The van der Waals surface area contributed by atoms with E-state index < -0.39 is 11.7 Å². The van der Waals surface area contributed by atoms with Crippen molar-refractivity contribution in [1.29, 1.82) is 0 Å². The molecule has 7 heteroatoms. The number of hydrogen-bond acceptors (Lipinski definition) is 3. The molecular weight excluding hydrogens is 436 g/mol. The Kier molecular flexibility index (Phi) is 9.94. The number of hydrogen-bond donors (Lipinski definition) is 0. The molecule has 0 saturated carbocycles. The number of rotatable bonds is 5. The summed E-state index contributed by atoms with van der Waals surface area (Å²) in [6.07, 6.45) is -4.30. The summed E-state index contributed by atoms with van der Waals surface area (Å²) in [6.45, 7) is 15.1. The maximum Gasteiger partial charge on any atom is 0.416 e. The van der Waals surface area contributed by atoms with Crippen LogP contribution in [0.2, 0.25) is 0 Å². The van der Waals surface area contributed by atoms with Crippen molar-refractivity contribution < 1.29 is 31.8 Å². The molecule has 0 aliphatic rings. The van der Waals surface area contributed by atoms with Crippen LogP contribution in [-0.2, 0) is 28.9 Å². The van der Waals surface area contributed by atoms with Crippen molar-refractivity contribution in [3.63, 3.8) is 0 Å². The van der Waals surface area contributed by atoms with Gasteiger partial charge in [0.1, 0.15) is 0 Å². The molecule has 0 radical (unpaired) electrons. The summed E-state index contributed by atoms with van der Waals surface area (Å²) in [6, 6.07) is 7.86. The lowest BCUT2D eigenvalue weighted by Gasteiger charge is -2.20. The zero-order valence-corrected chi connectivity index (χ0v) is 21.0. The van der Waals surface area contributed by atoms with Crippen molar-refractivity contribution >= 4 is 0 Å². The first-order chi connectivity index (χ1) is 14.9. The molecule has 0 fully saturated rings. The van der Waals surface area contributed by atoms with Crippen LogP contribution in [-0.4, -0.2) is 18.3 Å². The van der Waals surface area contributed by atoms with Gasteiger partial charge in [0, 0.05) is 5.56 Å². The minimum Gasteiger partial charge on any atom is -0.493 e. The van der Waals surface area contributed by atoms with Crippen LogP contribution in [0.25, 0.3) is 0 Å². The topological polar surface area (TPSA) is 27.7 Å². The smallest absolute Gasteiger partial charge is 0.416 e. The van der Waals surface area contributed by atoms with E-state index in [1.54, 1.807) is 12.1 Å². The van der Waals surface area contributed by atoms with E-state index in [-0.39, 0.29) is 35.8 Å². The van der Waals surface area contributed by atoms with Crippen LogP contribution in [0.3, 0.4) is 0 Å². The molecule has 2 rings (SSSR count). The number of ether oxygens (including phenoxy) is 3. The van der Waals surface area contributed by atoms with Gasteiger partial charge in [-0.25, -0.2) is 4.39 Å². The quantitative estimate of drug-likeness (QED) is 0.416.